The molecule has 1 spiro atoms. The van der Waals surface area contributed by atoms with Gasteiger partial charge in [-0.2, -0.15) is 0 Å². The number of pyridine rings is 1. The van der Waals surface area contributed by atoms with Crippen molar-refractivity contribution in [3.05, 3.63) is 30.2 Å². The molecule has 4 heterocycles. The molecular weight excluding hydrogens is 338 g/mol. The summed E-state index contributed by atoms with van der Waals surface area (Å²) in [6, 6.07) is 3.57. The number of amides is 2. The highest BCUT2D eigenvalue weighted by Crippen LogP contribution is 2.38. The summed E-state index contributed by atoms with van der Waals surface area (Å²) >= 11 is 0. The van der Waals surface area contributed by atoms with Gasteiger partial charge in [-0.1, -0.05) is 0 Å². The van der Waals surface area contributed by atoms with Gasteiger partial charge in [-0.25, -0.2) is 0 Å². The monoisotopic (exact) mass is 359 g/mol. The summed E-state index contributed by atoms with van der Waals surface area (Å²) in [6.07, 6.45) is 6.68. The fourth-order valence-corrected chi connectivity index (χ4v) is 3.99. The number of carbonyl (C=O) groups is 3. The second kappa shape index (κ2) is 7.11. The molecular formula is C17H21N5O4. The lowest BCUT2D eigenvalue weighted by Gasteiger charge is -2.43. The number of fused-ring (bicyclic) bond motifs is 1. The van der Waals surface area contributed by atoms with Gasteiger partial charge in [-0.3, -0.25) is 18.8 Å². The van der Waals surface area contributed by atoms with Crippen LogP contribution in [0.4, 0.5) is 0 Å². The third-order valence-corrected chi connectivity index (χ3v) is 5.12. The maximum Gasteiger partial charge on any atom is 0.290 e. The Bertz CT molecular complexity index is 835. The van der Waals surface area contributed by atoms with Gasteiger partial charge in [0, 0.05) is 26.3 Å². The maximum absolute atomic E-state index is 13.2. The number of carboxylic acid groups (broad SMARTS) is 1. The van der Waals surface area contributed by atoms with Crippen LogP contribution >= 0.6 is 0 Å². The van der Waals surface area contributed by atoms with E-state index < -0.39 is 5.54 Å². The molecule has 1 N–H and O–H groups in total. The molecule has 138 valence electrons. The second-order valence-electron chi connectivity index (χ2n) is 6.51. The first-order valence-corrected chi connectivity index (χ1v) is 8.49. The van der Waals surface area contributed by atoms with Crippen molar-refractivity contribution in [3.63, 3.8) is 0 Å². The zero-order chi connectivity index (χ0) is 18.7. The van der Waals surface area contributed by atoms with Crippen molar-refractivity contribution in [2.45, 2.75) is 31.2 Å². The fraction of sp³-hybridized carbons (Fsp3) is 0.471. The number of hydrogen-bond acceptors (Lipinski definition) is 5. The minimum Gasteiger partial charge on any atom is -0.483 e. The molecule has 1 unspecified atom stereocenters. The minimum absolute atomic E-state index is 0.0722. The van der Waals surface area contributed by atoms with Crippen LogP contribution < -0.4 is 0 Å². The molecule has 0 bridgehead atoms. The van der Waals surface area contributed by atoms with E-state index >= 15 is 0 Å². The number of nitrogens with zero attached hydrogens (tertiary/aromatic N) is 5. The van der Waals surface area contributed by atoms with Gasteiger partial charge in [0.25, 0.3) is 12.4 Å². The zero-order valence-corrected chi connectivity index (χ0v) is 14.5. The van der Waals surface area contributed by atoms with Crippen LogP contribution in [-0.2, 0) is 9.59 Å². The molecule has 9 nitrogen and oxygen atoms in total. The van der Waals surface area contributed by atoms with E-state index in [1.807, 2.05) is 13.2 Å². The van der Waals surface area contributed by atoms with Crippen molar-refractivity contribution in [2.24, 2.45) is 0 Å². The molecule has 2 saturated heterocycles. The summed E-state index contributed by atoms with van der Waals surface area (Å²) in [5.74, 6) is -0.0484. The van der Waals surface area contributed by atoms with Crippen LogP contribution in [0, 0.1) is 0 Å². The third kappa shape index (κ3) is 2.79. The van der Waals surface area contributed by atoms with Gasteiger partial charge in [0.15, 0.2) is 5.65 Å². The Balaban J connectivity index is 0.000000613. The van der Waals surface area contributed by atoms with Crippen molar-refractivity contribution >= 4 is 23.9 Å². The number of hydrogen-bond donors (Lipinski definition) is 1. The smallest absolute Gasteiger partial charge is 0.290 e. The molecule has 1 atom stereocenters. The second-order valence-corrected chi connectivity index (χ2v) is 6.51. The topological polar surface area (TPSA) is 108 Å². The Morgan fingerprint density at radius 2 is 2.00 bits per heavy atom. The van der Waals surface area contributed by atoms with E-state index in [1.54, 1.807) is 32.7 Å². The van der Waals surface area contributed by atoms with Crippen molar-refractivity contribution in [2.75, 3.05) is 20.1 Å². The molecule has 2 aromatic heterocycles. The molecule has 2 aliphatic rings. The van der Waals surface area contributed by atoms with Crippen LogP contribution in [-0.4, -0.2) is 73.5 Å². The molecule has 4 rings (SSSR count). The summed E-state index contributed by atoms with van der Waals surface area (Å²) in [4.78, 5) is 37.9. The Hall–Kier alpha value is -2.97. The lowest BCUT2D eigenvalue weighted by molar-refractivity contribution is -0.144. The number of aromatic nitrogens is 3. The standard InChI is InChI=1S/C16H19N5O2.CH2O2/c1-19-8-3-6-16(15(19)23)7-4-10-21(16)14(22)12-5-2-9-20-11-17-18-13(12)20;2-1-3/h2,5,9,11H,3-4,6-8,10H2,1H3;1H,(H,2,3). The highest BCUT2D eigenvalue weighted by atomic mass is 16.3. The number of carbonyl (C=O) groups excluding carboxylic acids is 2. The van der Waals surface area contributed by atoms with Gasteiger partial charge in [-0.05, 0) is 37.8 Å². The van der Waals surface area contributed by atoms with Gasteiger partial charge < -0.3 is 14.9 Å². The number of likely N-dealkylation sites (tertiary alicyclic amines) is 2. The average Bonchev–Trinajstić information content (AvgIpc) is 3.27. The molecule has 0 aliphatic carbocycles. The molecule has 2 amide bonds. The third-order valence-electron chi connectivity index (χ3n) is 5.12. The molecule has 9 heteroatoms. The Labute approximate surface area is 150 Å². The molecule has 2 aromatic rings. The van der Waals surface area contributed by atoms with Crippen molar-refractivity contribution in [1.29, 1.82) is 0 Å². The summed E-state index contributed by atoms with van der Waals surface area (Å²) in [7, 11) is 1.82. The normalized spacial score (nSPS) is 22.4. The number of rotatable bonds is 1. The Morgan fingerprint density at radius 1 is 1.31 bits per heavy atom. The van der Waals surface area contributed by atoms with E-state index in [4.69, 9.17) is 9.90 Å². The lowest BCUT2D eigenvalue weighted by atomic mass is 9.85. The average molecular weight is 359 g/mol. The minimum atomic E-state index is -0.670. The van der Waals surface area contributed by atoms with E-state index in [0.29, 0.717) is 17.8 Å². The molecule has 0 saturated carbocycles. The highest BCUT2D eigenvalue weighted by molar-refractivity contribution is 6.03. The van der Waals surface area contributed by atoms with Gasteiger partial charge >= 0.3 is 0 Å². The SMILES string of the molecule is CN1CCCC2(CCCN2C(=O)c2cccn3cnnc23)C1=O.O=CO. The largest absolute Gasteiger partial charge is 0.483 e. The molecule has 0 aromatic carbocycles. The van der Waals surface area contributed by atoms with E-state index in [-0.39, 0.29) is 18.3 Å². The van der Waals surface area contributed by atoms with Crippen LogP contribution in [0.1, 0.15) is 36.0 Å². The number of likely N-dealkylation sites (N-methyl/N-ethyl adjacent to an activating group) is 1. The first-order chi connectivity index (χ1) is 12.5. The van der Waals surface area contributed by atoms with Gasteiger partial charge in [0.05, 0.1) is 5.56 Å². The maximum atomic E-state index is 13.2. The highest BCUT2D eigenvalue weighted by Gasteiger charge is 2.52. The summed E-state index contributed by atoms with van der Waals surface area (Å²) in [6.45, 7) is 1.13. The van der Waals surface area contributed by atoms with E-state index in [0.717, 1.165) is 32.2 Å². The predicted molar refractivity (Wildman–Crippen MR) is 91.6 cm³/mol. The Morgan fingerprint density at radius 3 is 2.73 bits per heavy atom. The predicted octanol–water partition coefficient (Wildman–Crippen LogP) is 0.657. The molecule has 26 heavy (non-hydrogen) atoms. The fourth-order valence-electron chi connectivity index (χ4n) is 3.99. The Kier molecular flexibility index (Phi) is 4.88. The zero-order valence-electron chi connectivity index (χ0n) is 14.5. The van der Waals surface area contributed by atoms with Crippen LogP contribution in [0.3, 0.4) is 0 Å². The van der Waals surface area contributed by atoms with E-state index in [2.05, 4.69) is 10.2 Å². The molecule has 2 aliphatic heterocycles. The lowest BCUT2D eigenvalue weighted by Crippen LogP contribution is -2.60. The summed E-state index contributed by atoms with van der Waals surface area (Å²) < 4.78 is 1.73. The van der Waals surface area contributed by atoms with Gasteiger partial charge in [0.2, 0.25) is 5.91 Å². The van der Waals surface area contributed by atoms with Crippen molar-refractivity contribution in [3.8, 4) is 0 Å². The van der Waals surface area contributed by atoms with Crippen LogP contribution in [0.15, 0.2) is 24.7 Å². The van der Waals surface area contributed by atoms with Crippen LogP contribution in [0.2, 0.25) is 0 Å². The van der Waals surface area contributed by atoms with E-state index in [9.17, 15) is 9.59 Å². The summed E-state index contributed by atoms with van der Waals surface area (Å²) in [5, 5.41) is 14.8. The molecule has 2 fully saturated rings. The quantitative estimate of drug-likeness (QED) is 0.749. The number of piperidine rings is 1. The van der Waals surface area contributed by atoms with Crippen LogP contribution in [0.25, 0.3) is 5.65 Å². The van der Waals surface area contributed by atoms with E-state index in [1.165, 1.54) is 0 Å². The van der Waals surface area contributed by atoms with Crippen LogP contribution in [0.5, 0.6) is 0 Å². The van der Waals surface area contributed by atoms with Gasteiger partial charge in [-0.15, -0.1) is 10.2 Å². The first kappa shape index (κ1) is 17.8. The first-order valence-electron chi connectivity index (χ1n) is 8.49. The van der Waals surface area contributed by atoms with Crippen molar-refractivity contribution in [1.82, 2.24) is 24.4 Å². The molecule has 0 radical (unpaired) electrons. The van der Waals surface area contributed by atoms with Crippen molar-refractivity contribution < 1.29 is 19.5 Å². The van der Waals surface area contributed by atoms with Gasteiger partial charge in [0.1, 0.15) is 11.9 Å². The summed E-state index contributed by atoms with van der Waals surface area (Å²) in [5.41, 5.74) is 0.375.